The summed E-state index contributed by atoms with van der Waals surface area (Å²) in [6, 6.07) is 10.4. The van der Waals surface area contributed by atoms with Gasteiger partial charge in [0, 0.05) is 28.2 Å². The summed E-state index contributed by atoms with van der Waals surface area (Å²) in [5, 5.41) is 7.67. The number of para-hydroxylation sites is 1. The molecule has 0 fully saturated rings. The van der Waals surface area contributed by atoms with Gasteiger partial charge in [-0.25, -0.2) is 4.98 Å². The molecule has 0 radical (unpaired) electrons. The second-order valence-electron chi connectivity index (χ2n) is 4.47. The van der Waals surface area contributed by atoms with E-state index < -0.39 is 0 Å². The van der Waals surface area contributed by atoms with Crippen molar-refractivity contribution in [1.29, 1.82) is 0 Å². The quantitative estimate of drug-likeness (QED) is 0.792. The van der Waals surface area contributed by atoms with Crippen LogP contribution < -0.4 is 5.32 Å². The van der Waals surface area contributed by atoms with Gasteiger partial charge in [-0.05, 0) is 20.0 Å². The Morgan fingerprint density at radius 2 is 2.05 bits per heavy atom. The van der Waals surface area contributed by atoms with Gasteiger partial charge >= 0.3 is 0 Å². The van der Waals surface area contributed by atoms with Crippen molar-refractivity contribution in [1.82, 2.24) is 15.3 Å². The predicted molar refractivity (Wildman–Crippen MR) is 79.5 cm³/mol. The molecule has 3 nitrogen and oxygen atoms in total. The van der Waals surface area contributed by atoms with Crippen molar-refractivity contribution in [3.8, 4) is 0 Å². The highest BCUT2D eigenvalue weighted by Crippen LogP contribution is 2.29. The summed E-state index contributed by atoms with van der Waals surface area (Å²) in [5.74, 6) is 0. The van der Waals surface area contributed by atoms with Crippen LogP contribution in [0.2, 0.25) is 0 Å². The van der Waals surface area contributed by atoms with E-state index in [9.17, 15) is 0 Å². The van der Waals surface area contributed by atoms with Crippen molar-refractivity contribution in [3.63, 3.8) is 0 Å². The zero-order chi connectivity index (χ0) is 13.2. The first-order chi connectivity index (χ1) is 9.29. The van der Waals surface area contributed by atoms with Gasteiger partial charge in [-0.1, -0.05) is 24.3 Å². The molecule has 0 bridgehead atoms. The third-order valence-corrected chi connectivity index (χ3v) is 4.17. The maximum absolute atomic E-state index is 4.59. The SMILES string of the molecule is CNC(c1nc(C)cs1)c1cccc2cccnc12. The zero-order valence-corrected chi connectivity index (χ0v) is 11.7. The molecule has 2 aromatic heterocycles. The number of thiazole rings is 1. The van der Waals surface area contributed by atoms with Gasteiger partial charge in [0.25, 0.3) is 0 Å². The van der Waals surface area contributed by atoms with E-state index in [0.717, 1.165) is 21.6 Å². The molecule has 0 aliphatic heterocycles. The van der Waals surface area contributed by atoms with Gasteiger partial charge in [-0.3, -0.25) is 4.98 Å². The number of nitrogens with one attached hydrogen (secondary N) is 1. The van der Waals surface area contributed by atoms with Gasteiger partial charge in [0.2, 0.25) is 0 Å². The fourth-order valence-electron chi connectivity index (χ4n) is 2.28. The molecule has 0 aliphatic carbocycles. The molecule has 0 saturated carbocycles. The van der Waals surface area contributed by atoms with Crippen molar-refractivity contribution < 1.29 is 0 Å². The Hall–Kier alpha value is -1.78. The number of fused-ring (bicyclic) bond motifs is 1. The van der Waals surface area contributed by atoms with Crippen LogP contribution in [0, 0.1) is 6.92 Å². The summed E-state index contributed by atoms with van der Waals surface area (Å²) in [5.41, 5.74) is 3.28. The maximum atomic E-state index is 4.59. The summed E-state index contributed by atoms with van der Waals surface area (Å²) in [4.78, 5) is 9.11. The molecule has 1 unspecified atom stereocenters. The molecule has 1 aromatic carbocycles. The third-order valence-electron chi connectivity index (χ3n) is 3.15. The highest BCUT2D eigenvalue weighted by atomic mass is 32.1. The highest BCUT2D eigenvalue weighted by Gasteiger charge is 2.18. The van der Waals surface area contributed by atoms with E-state index in [1.54, 1.807) is 11.3 Å². The minimum absolute atomic E-state index is 0.0947. The lowest BCUT2D eigenvalue weighted by Gasteiger charge is -2.15. The molecule has 19 heavy (non-hydrogen) atoms. The number of nitrogens with zero attached hydrogens (tertiary/aromatic N) is 2. The molecular formula is C15H15N3S. The second-order valence-corrected chi connectivity index (χ2v) is 5.36. The van der Waals surface area contributed by atoms with Crippen molar-refractivity contribution in [2.75, 3.05) is 7.05 Å². The van der Waals surface area contributed by atoms with E-state index in [-0.39, 0.29) is 6.04 Å². The second kappa shape index (κ2) is 5.07. The molecule has 0 aliphatic rings. The molecule has 0 saturated heterocycles. The van der Waals surface area contributed by atoms with E-state index in [1.165, 1.54) is 5.56 Å². The monoisotopic (exact) mass is 269 g/mol. The molecule has 2 heterocycles. The number of hydrogen-bond donors (Lipinski definition) is 1. The van der Waals surface area contributed by atoms with Crippen molar-refractivity contribution in [2.45, 2.75) is 13.0 Å². The van der Waals surface area contributed by atoms with Crippen LogP contribution in [0.1, 0.15) is 22.3 Å². The number of benzene rings is 1. The largest absolute Gasteiger partial charge is 0.307 e. The fourth-order valence-corrected chi connectivity index (χ4v) is 3.20. The lowest BCUT2D eigenvalue weighted by Crippen LogP contribution is -2.18. The predicted octanol–water partition coefficient (Wildman–Crippen LogP) is 3.31. The molecular weight excluding hydrogens is 254 g/mol. The van der Waals surface area contributed by atoms with Crippen molar-refractivity contribution in [2.24, 2.45) is 0 Å². The molecule has 3 aromatic rings. The Morgan fingerprint density at radius 1 is 1.21 bits per heavy atom. The molecule has 0 spiro atoms. The number of aryl methyl sites for hydroxylation is 1. The summed E-state index contributed by atoms with van der Waals surface area (Å²) in [7, 11) is 1.96. The highest BCUT2D eigenvalue weighted by molar-refractivity contribution is 7.09. The van der Waals surface area contributed by atoms with Crippen LogP contribution >= 0.6 is 11.3 Å². The minimum atomic E-state index is 0.0947. The van der Waals surface area contributed by atoms with E-state index in [1.807, 2.05) is 26.2 Å². The zero-order valence-electron chi connectivity index (χ0n) is 10.9. The van der Waals surface area contributed by atoms with E-state index >= 15 is 0 Å². The topological polar surface area (TPSA) is 37.8 Å². The lowest BCUT2D eigenvalue weighted by atomic mass is 10.0. The Bertz CT molecular complexity index is 700. The normalized spacial score (nSPS) is 12.7. The van der Waals surface area contributed by atoms with Crippen molar-refractivity contribution in [3.05, 3.63) is 58.2 Å². The number of hydrogen-bond acceptors (Lipinski definition) is 4. The van der Waals surface area contributed by atoms with Gasteiger partial charge < -0.3 is 5.32 Å². The molecule has 3 rings (SSSR count). The third kappa shape index (κ3) is 2.25. The Balaban J connectivity index is 2.16. The molecule has 1 N–H and O–H groups in total. The molecule has 0 amide bonds. The molecule has 1 atom stereocenters. The first-order valence-electron chi connectivity index (χ1n) is 6.22. The average molecular weight is 269 g/mol. The number of aromatic nitrogens is 2. The van der Waals surface area contributed by atoms with Crippen LogP contribution in [0.5, 0.6) is 0 Å². The number of rotatable bonds is 3. The Kier molecular flexibility index (Phi) is 3.27. The molecule has 96 valence electrons. The Morgan fingerprint density at radius 3 is 2.79 bits per heavy atom. The summed E-state index contributed by atoms with van der Waals surface area (Å²) >= 11 is 1.68. The Labute approximate surface area is 116 Å². The van der Waals surface area contributed by atoms with Gasteiger partial charge in [0.15, 0.2) is 0 Å². The fraction of sp³-hybridized carbons (Fsp3) is 0.200. The summed E-state index contributed by atoms with van der Waals surface area (Å²) in [6.07, 6.45) is 1.84. The van der Waals surface area contributed by atoms with Crippen LogP contribution in [0.15, 0.2) is 41.9 Å². The van der Waals surface area contributed by atoms with Crippen LogP contribution in [-0.2, 0) is 0 Å². The first-order valence-corrected chi connectivity index (χ1v) is 7.10. The maximum Gasteiger partial charge on any atom is 0.114 e. The van der Waals surface area contributed by atoms with Crippen LogP contribution in [-0.4, -0.2) is 17.0 Å². The van der Waals surface area contributed by atoms with Gasteiger partial charge in [-0.15, -0.1) is 11.3 Å². The molecule has 4 heteroatoms. The number of pyridine rings is 1. The van der Waals surface area contributed by atoms with Crippen LogP contribution in [0.3, 0.4) is 0 Å². The average Bonchev–Trinajstić information content (AvgIpc) is 2.86. The van der Waals surface area contributed by atoms with E-state index in [4.69, 9.17) is 0 Å². The van der Waals surface area contributed by atoms with Gasteiger partial charge in [0.05, 0.1) is 11.6 Å². The van der Waals surface area contributed by atoms with Gasteiger partial charge in [0.1, 0.15) is 5.01 Å². The van der Waals surface area contributed by atoms with Crippen LogP contribution in [0.25, 0.3) is 10.9 Å². The standard InChI is InChI=1S/C15H15N3S/c1-10-9-19-15(18-10)14(16-2)12-7-3-5-11-6-4-8-17-13(11)12/h3-9,14,16H,1-2H3. The van der Waals surface area contributed by atoms with E-state index in [2.05, 4.69) is 44.9 Å². The van der Waals surface area contributed by atoms with Gasteiger partial charge in [-0.2, -0.15) is 0 Å². The summed E-state index contributed by atoms with van der Waals surface area (Å²) in [6.45, 7) is 2.02. The lowest BCUT2D eigenvalue weighted by molar-refractivity contribution is 0.688. The van der Waals surface area contributed by atoms with Crippen molar-refractivity contribution >= 4 is 22.2 Å². The van der Waals surface area contributed by atoms with E-state index in [0.29, 0.717) is 0 Å². The van der Waals surface area contributed by atoms with Crippen LogP contribution in [0.4, 0.5) is 0 Å². The first kappa shape index (κ1) is 12.3. The minimum Gasteiger partial charge on any atom is -0.307 e. The smallest absolute Gasteiger partial charge is 0.114 e. The summed E-state index contributed by atoms with van der Waals surface area (Å²) < 4.78 is 0.